The van der Waals surface area contributed by atoms with Gasteiger partial charge in [0.2, 0.25) is 0 Å². The van der Waals surface area contributed by atoms with Crippen molar-refractivity contribution in [1.29, 1.82) is 0 Å². The predicted molar refractivity (Wildman–Crippen MR) is 89.3 cm³/mol. The zero-order valence-corrected chi connectivity index (χ0v) is 14.3. The first-order valence-corrected chi connectivity index (χ1v) is 7.98. The van der Waals surface area contributed by atoms with Gasteiger partial charge in [0.1, 0.15) is 0 Å². The summed E-state index contributed by atoms with van der Waals surface area (Å²) < 4.78 is 0. The van der Waals surface area contributed by atoms with Crippen LogP contribution in [0.3, 0.4) is 0 Å². The van der Waals surface area contributed by atoms with Crippen molar-refractivity contribution >= 4 is 28.9 Å². The van der Waals surface area contributed by atoms with E-state index in [9.17, 15) is 0 Å². The Balaban J connectivity index is 2.29. The Labute approximate surface area is 132 Å². The van der Waals surface area contributed by atoms with Crippen LogP contribution in [0.15, 0.2) is 12.1 Å². The van der Waals surface area contributed by atoms with E-state index in [0.717, 1.165) is 47.4 Å². The molecular weight excluding hydrogens is 291 g/mol. The van der Waals surface area contributed by atoms with Gasteiger partial charge in [-0.2, -0.15) is 0 Å². The zero-order chi connectivity index (χ0) is 14.9. The first-order valence-electron chi connectivity index (χ1n) is 7.23. The van der Waals surface area contributed by atoms with Crippen LogP contribution in [-0.2, 0) is 0 Å². The molecule has 0 aromatic heterocycles. The molecule has 1 saturated heterocycles. The van der Waals surface area contributed by atoms with Crippen molar-refractivity contribution < 1.29 is 0 Å². The van der Waals surface area contributed by atoms with Gasteiger partial charge in [-0.1, -0.05) is 44.0 Å². The third-order valence-electron chi connectivity index (χ3n) is 4.01. The summed E-state index contributed by atoms with van der Waals surface area (Å²) in [7, 11) is 0. The van der Waals surface area contributed by atoms with Crippen molar-refractivity contribution in [2.75, 3.05) is 24.5 Å². The Kier molecular flexibility index (Phi) is 4.88. The molecule has 0 bridgehead atoms. The minimum Gasteiger partial charge on any atom is -0.369 e. The number of nitrogens with zero attached hydrogens (tertiary/aromatic N) is 1. The second-order valence-electron chi connectivity index (χ2n) is 6.73. The van der Waals surface area contributed by atoms with Crippen LogP contribution in [0.5, 0.6) is 0 Å². The number of halogens is 2. The van der Waals surface area contributed by atoms with Crippen LogP contribution in [-0.4, -0.2) is 25.7 Å². The SMILES string of the molecule is Cc1cc(Cl)c(N2CCCNC(C(C)(C)C)C2)cc1Cl. The minimum absolute atomic E-state index is 0.226. The minimum atomic E-state index is 0.226. The first kappa shape index (κ1) is 15.9. The Bertz CT molecular complexity index is 480. The van der Waals surface area contributed by atoms with E-state index in [1.165, 1.54) is 0 Å². The van der Waals surface area contributed by atoms with Crippen LogP contribution in [0.1, 0.15) is 32.8 Å². The van der Waals surface area contributed by atoms with E-state index in [-0.39, 0.29) is 5.41 Å². The van der Waals surface area contributed by atoms with Crippen molar-refractivity contribution in [3.05, 3.63) is 27.7 Å². The fourth-order valence-electron chi connectivity index (χ4n) is 2.60. The summed E-state index contributed by atoms with van der Waals surface area (Å²) in [5.41, 5.74) is 2.31. The summed E-state index contributed by atoms with van der Waals surface area (Å²) in [5.74, 6) is 0. The first-order chi connectivity index (χ1) is 9.29. The van der Waals surface area contributed by atoms with Gasteiger partial charge in [-0.05, 0) is 43.0 Å². The molecule has 1 aromatic carbocycles. The highest BCUT2D eigenvalue weighted by Gasteiger charge is 2.28. The van der Waals surface area contributed by atoms with Crippen molar-refractivity contribution in [2.24, 2.45) is 5.41 Å². The number of rotatable bonds is 1. The monoisotopic (exact) mass is 314 g/mol. The molecule has 0 amide bonds. The van der Waals surface area contributed by atoms with E-state index >= 15 is 0 Å². The molecule has 1 atom stereocenters. The van der Waals surface area contributed by atoms with Crippen LogP contribution in [0.4, 0.5) is 5.69 Å². The van der Waals surface area contributed by atoms with Gasteiger partial charge in [-0.25, -0.2) is 0 Å². The summed E-state index contributed by atoms with van der Waals surface area (Å²) in [6.45, 7) is 11.8. The van der Waals surface area contributed by atoms with Crippen LogP contribution in [0.25, 0.3) is 0 Å². The lowest BCUT2D eigenvalue weighted by Crippen LogP contribution is -2.46. The van der Waals surface area contributed by atoms with Crippen molar-refractivity contribution in [3.63, 3.8) is 0 Å². The molecule has 0 saturated carbocycles. The van der Waals surface area contributed by atoms with E-state index in [1.54, 1.807) is 0 Å². The molecule has 1 aliphatic rings. The van der Waals surface area contributed by atoms with E-state index < -0.39 is 0 Å². The summed E-state index contributed by atoms with van der Waals surface area (Å²) in [4.78, 5) is 2.36. The Morgan fingerprint density at radius 1 is 1.20 bits per heavy atom. The van der Waals surface area contributed by atoms with Crippen LogP contribution >= 0.6 is 23.2 Å². The maximum Gasteiger partial charge on any atom is 0.0643 e. The largest absolute Gasteiger partial charge is 0.369 e. The molecule has 20 heavy (non-hydrogen) atoms. The highest BCUT2D eigenvalue weighted by Crippen LogP contribution is 2.33. The van der Waals surface area contributed by atoms with Gasteiger partial charge in [-0.15, -0.1) is 0 Å². The molecule has 1 unspecified atom stereocenters. The maximum atomic E-state index is 6.43. The molecule has 112 valence electrons. The van der Waals surface area contributed by atoms with Gasteiger partial charge >= 0.3 is 0 Å². The van der Waals surface area contributed by atoms with Crippen LogP contribution in [0.2, 0.25) is 10.0 Å². The standard InChI is InChI=1S/C16H24Cl2N2/c1-11-8-13(18)14(9-12(11)17)20-7-5-6-19-15(10-20)16(2,3)4/h8-9,15,19H,5-7,10H2,1-4H3. The molecular formula is C16H24Cl2N2. The number of hydrogen-bond acceptors (Lipinski definition) is 2. The lowest BCUT2D eigenvalue weighted by atomic mass is 9.86. The van der Waals surface area contributed by atoms with Crippen molar-refractivity contribution in [1.82, 2.24) is 5.32 Å². The molecule has 0 radical (unpaired) electrons. The van der Waals surface area contributed by atoms with Crippen LogP contribution < -0.4 is 10.2 Å². The fraction of sp³-hybridized carbons (Fsp3) is 0.625. The van der Waals surface area contributed by atoms with Gasteiger partial charge in [0.25, 0.3) is 0 Å². The lowest BCUT2D eigenvalue weighted by molar-refractivity contribution is 0.280. The highest BCUT2D eigenvalue weighted by molar-refractivity contribution is 6.35. The van der Waals surface area contributed by atoms with Crippen molar-refractivity contribution in [2.45, 2.75) is 40.2 Å². The fourth-order valence-corrected chi connectivity index (χ4v) is 3.10. The molecule has 1 heterocycles. The topological polar surface area (TPSA) is 15.3 Å². The van der Waals surface area contributed by atoms with E-state index in [1.807, 2.05) is 19.1 Å². The number of benzene rings is 1. The van der Waals surface area contributed by atoms with E-state index in [0.29, 0.717) is 6.04 Å². The van der Waals surface area contributed by atoms with Gasteiger partial charge in [0, 0.05) is 24.2 Å². The second kappa shape index (κ2) is 6.13. The Hall–Kier alpha value is -0.440. The molecule has 1 aliphatic heterocycles. The zero-order valence-electron chi connectivity index (χ0n) is 12.8. The Morgan fingerprint density at radius 3 is 2.55 bits per heavy atom. The maximum absolute atomic E-state index is 6.43. The average Bonchev–Trinajstić information content (AvgIpc) is 2.59. The summed E-state index contributed by atoms with van der Waals surface area (Å²) in [5, 5.41) is 5.23. The number of hydrogen-bond donors (Lipinski definition) is 1. The summed E-state index contributed by atoms with van der Waals surface area (Å²) >= 11 is 12.7. The van der Waals surface area contributed by atoms with Gasteiger partial charge < -0.3 is 10.2 Å². The molecule has 2 nitrogen and oxygen atoms in total. The summed E-state index contributed by atoms with van der Waals surface area (Å²) in [6.07, 6.45) is 1.12. The van der Waals surface area contributed by atoms with Gasteiger partial charge in [-0.3, -0.25) is 0 Å². The number of anilines is 1. The lowest BCUT2D eigenvalue weighted by Gasteiger charge is -2.35. The van der Waals surface area contributed by atoms with E-state index in [2.05, 4.69) is 31.0 Å². The molecule has 2 rings (SSSR count). The van der Waals surface area contributed by atoms with Crippen LogP contribution in [0, 0.1) is 12.3 Å². The number of aryl methyl sites for hydroxylation is 1. The van der Waals surface area contributed by atoms with Gasteiger partial charge in [0.15, 0.2) is 0 Å². The third-order valence-corrected chi connectivity index (χ3v) is 4.72. The molecule has 0 spiro atoms. The molecule has 0 aliphatic carbocycles. The van der Waals surface area contributed by atoms with Gasteiger partial charge in [0.05, 0.1) is 10.7 Å². The second-order valence-corrected chi connectivity index (χ2v) is 7.54. The molecule has 1 aromatic rings. The Morgan fingerprint density at radius 2 is 1.90 bits per heavy atom. The average molecular weight is 315 g/mol. The molecule has 1 N–H and O–H groups in total. The third kappa shape index (κ3) is 3.60. The quantitative estimate of drug-likeness (QED) is 0.820. The smallest absolute Gasteiger partial charge is 0.0643 e. The predicted octanol–water partition coefficient (Wildman–Crippen LogP) is 4.52. The molecule has 1 fully saturated rings. The highest BCUT2D eigenvalue weighted by atomic mass is 35.5. The van der Waals surface area contributed by atoms with Crippen molar-refractivity contribution in [3.8, 4) is 0 Å². The number of nitrogens with one attached hydrogen (secondary N) is 1. The normalized spacial score (nSPS) is 20.9. The summed E-state index contributed by atoms with van der Waals surface area (Å²) in [6, 6.07) is 4.41. The molecule has 4 heteroatoms. The van der Waals surface area contributed by atoms with E-state index in [4.69, 9.17) is 23.2 Å².